The Hall–Kier alpha value is -2.41. The first-order valence-electron chi connectivity index (χ1n) is 8.84. The Morgan fingerprint density at radius 1 is 1.15 bits per heavy atom. The van der Waals surface area contributed by atoms with Crippen molar-refractivity contribution in [2.24, 2.45) is 0 Å². The first-order valence-corrected chi connectivity index (χ1v) is 9.65. The van der Waals surface area contributed by atoms with Crippen molar-refractivity contribution in [2.75, 3.05) is 0 Å². The van der Waals surface area contributed by atoms with Gasteiger partial charge in [0.05, 0.1) is 0 Å². The van der Waals surface area contributed by atoms with Crippen LogP contribution in [0.2, 0.25) is 0 Å². The van der Waals surface area contributed by atoms with Crippen LogP contribution in [0.4, 0.5) is 4.79 Å². The number of hydrogen-bond donors (Lipinski definition) is 2. The Labute approximate surface area is 155 Å². The van der Waals surface area contributed by atoms with Crippen LogP contribution < -0.4 is 10.6 Å². The Kier molecular flexibility index (Phi) is 5.88. The van der Waals surface area contributed by atoms with Crippen LogP contribution in [0.3, 0.4) is 0 Å². The van der Waals surface area contributed by atoms with Gasteiger partial charge < -0.3 is 10.1 Å². The molecule has 1 aromatic carbocycles. The Bertz CT molecular complexity index is 778. The summed E-state index contributed by atoms with van der Waals surface area (Å²) in [7, 11) is 0. The SMILES string of the molecule is C[C@@H](OC(=O)c1cc2ccccc2s1)C(=O)NC(=O)NC1CCCCC1. The standard InChI is InChI=1S/C19H22N2O4S/c1-12(17(22)21-19(24)20-14-8-3-2-4-9-14)25-18(23)16-11-13-7-5-6-10-15(13)26-16/h5-7,10-12,14H,2-4,8-9H2,1H3,(H2,20,21,22,24)/t12-/m1/s1. The van der Waals surface area contributed by atoms with E-state index in [-0.39, 0.29) is 6.04 Å². The molecule has 1 aliphatic rings. The number of amides is 3. The number of thiophene rings is 1. The van der Waals surface area contributed by atoms with Crippen LogP contribution in [0.1, 0.15) is 48.7 Å². The van der Waals surface area contributed by atoms with Gasteiger partial charge in [-0.15, -0.1) is 11.3 Å². The quantitative estimate of drug-likeness (QED) is 0.801. The Morgan fingerprint density at radius 2 is 1.88 bits per heavy atom. The molecule has 1 fully saturated rings. The number of benzene rings is 1. The van der Waals surface area contributed by atoms with Crippen LogP contribution in [0.5, 0.6) is 0 Å². The summed E-state index contributed by atoms with van der Waals surface area (Å²) >= 11 is 1.31. The maximum absolute atomic E-state index is 12.2. The second kappa shape index (κ2) is 8.31. The first kappa shape index (κ1) is 18.4. The molecule has 1 aliphatic carbocycles. The van der Waals surface area contributed by atoms with E-state index in [9.17, 15) is 14.4 Å². The summed E-state index contributed by atoms with van der Waals surface area (Å²) in [6, 6.07) is 8.93. The number of hydrogen-bond acceptors (Lipinski definition) is 5. The average Bonchev–Trinajstić information content (AvgIpc) is 3.06. The smallest absolute Gasteiger partial charge is 0.349 e. The highest BCUT2D eigenvalue weighted by atomic mass is 32.1. The van der Waals surface area contributed by atoms with E-state index in [4.69, 9.17) is 4.74 Å². The molecule has 0 unspecified atom stereocenters. The third-order valence-electron chi connectivity index (χ3n) is 4.46. The van der Waals surface area contributed by atoms with E-state index in [1.807, 2.05) is 24.3 Å². The zero-order valence-electron chi connectivity index (χ0n) is 14.6. The van der Waals surface area contributed by atoms with Crippen molar-refractivity contribution in [3.63, 3.8) is 0 Å². The summed E-state index contributed by atoms with van der Waals surface area (Å²) in [5.74, 6) is -1.20. The highest BCUT2D eigenvalue weighted by Crippen LogP contribution is 2.26. The third-order valence-corrected chi connectivity index (χ3v) is 5.55. The molecule has 26 heavy (non-hydrogen) atoms. The molecule has 2 N–H and O–H groups in total. The predicted octanol–water partition coefficient (Wildman–Crippen LogP) is 3.61. The van der Waals surface area contributed by atoms with Crippen molar-refractivity contribution in [3.8, 4) is 0 Å². The van der Waals surface area contributed by atoms with Crippen molar-refractivity contribution in [2.45, 2.75) is 51.2 Å². The molecule has 1 atom stereocenters. The lowest BCUT2D eigenvalue weighted by Crippen LogP contribution is -2.48. The fraction of sp³-hybridized carbons (Fsp3) is 0.421. The number of imide groups is 1. The summed E-state index contributed by atoms with van der Waals surface area (Å²) < 4.78 is 6.17. The molecular formula is C19H22N2O4S. The number of fused-ring (bicyclic) bond motifs is 1. The lowest BCUT2D eigenvalue weighted by atomic mass is 9.96. The van der Waals surface area contributed by atoms with E-state index in [1.165, 1.54) is 24.7 Å². The number of carbonyl (C=O) groups is 3. The van der Waals surface area contributed by atoms with E-state index in [1.54, 1.807) is 6.07 Å². The van der Waals surface area contributed by atoms with Crippen molar-refractivity contribution in [3.05, 3.63) is 35.2 Å². The first-order chi connectivity index (χ1) is 12.5. The summed E-state index contributed by atoms with van der Waals surface area (Å²) in [4.78, 5) is 36.7. The number of carbonyl (C=O) groups excluding carboxylic acids is 3. The van der Waals surface area contributed by atoms with Crippen molar-refractivity contribution in [1.29, 1.82) is 0 Å². The van der Waals surface area contributed by atoms with Gasteiger partial charge in [0.25, 0.3) is 5.91 Å². The van der Waals surface area contributed by atoms with Gasteiger partial charge >= 0.3 is 12.0 Å². The fourth-order valence-electron chi connectivity index (χ4n) is 3.04. The van der Waals surface area contributed by atoms with Crippen molar-refractivity contribution < 1.29 is 19.1 Å². The summed E-state index contributed by atoms with van der Waals surface area (Å²) in [6.07, 6.45) is 4.16. The minimum absolute atomic E-state index is 0.105. The topological polar surface area (TPSA) is 84.5 Å². The van der Waals surface area contributed by atoms with Gasteiger partial charge in [0.1, 0.15) is 4.88 Å². The monoisotopic (exact) mass is 374 g/mol. The van der Waals surface area contributed by atoms with Gasteiger partial charge in [-0.3, -0.25) is 10.1 Å². The van der Waals surface area contributed by atoms with E-state index < -0.39 is 24.0 Å². The Morgan fingerprint density at radius 3 is 2.62 bits per heavy atom. The number of esters is 1. The zero-order valence-corrected chi connectivity index (χ0v) is 15.4. The molecule has 0 spiro atoms. The van der Waals surface area contributed by atoms with Gasteiger partial charge in [-0.1, -0.05) is 37.5 Å². The number of rotatable bonds is 4. The third kappa shape index (κ3) is 4.60. The molecule has 0 bridgehead atoms. The Balaban J connectivity index is 1.51. The molecule has 7 heteroatoms. The molecule has 0 aliphatic heterocycles. The van der Waals surface area contributed by atoms with Crippen LogP contribution in [0.25, 0.3) is 10.1 Å². The minimum Gasteiger partial charge on any atom is -0.448 e. The molecule has 0 radical (unpaired) electrons. The highest BCUT2D eigenvalue weighted by molar-refractivity contribution is 7.20. The number of urea groups is 1. The lowest BCUT2D eigenvalue weighted by molar-refractivity contribution is -0.127. The second-order valence-electron chi connectivity index (χ2n) is 6.49. The molecule has 0 saturated heterocycles. The van der Waals surface area contributed by atoms with E-state index >= 15 is 0 Å². The van der Waals surface area contributed by atoms with Crippen molar-refractivity contribution >= 4 is 39.3 Å². The molecular weight excluding hydrogens is 352 g/mol. The average molecular weight is 374 g/mol. The van der Waals surface area contributed by atoms with Crippen LogP contribution in [0.15, 0.2) is 30.3 Å². The van der Waals surface area contributed by atoms with Gasteiger partial charge in [-0.2, -0.15) is 0 Å². The van der Waals surface area contributed by atoms with Crippen LogP contribution >= 0.6 is 11.3 Å². The minimum atomic E-state index is -1.05. The maximum atomic E-state index is 12.2. The molecule has 1 saturated carbocycles. The van der Waals surface area contributed by atoms with E-state index in [2.05, 4.69) is 10.6 Å². The predicted molar refractivity (Wildman–Crippen MR) is 100 cm³/mol. The largest absolute Gasteiger partial charge is 0.448 e. The molecule has 138 valence electrons. The lowest BCUT2D eigenvalue weighted by Gasteiger charge is -2.23. The van der Waals surface area contributed by atoms with Gasteiger partial charge in [-0.25, -0.2) is 9.59 Å². The zero-order chi connectivity index (χ0) is 18.5. The fourth-order valence-corrected chi connectivity index (χ4v) is 3.98. The molecule has 2 aromatic rings. The van der Waals surface area contributed by atoms with Crippen LogP contribution in [0, 0.1) is 0 Å². The van der Waals surface area contributed by atoms with Crippen molar-refractivity contribution in [1.82, 2.24) is 10.6 Å². The van der Waals surface area contributed by atoms with E-state index in [0.29, 0.717) is 4.88 Å². The molecule has 3 rings (SSSR count). The van der Waals surface area contributed by atoms with Gasteiger partial charge in [0, 0.05) is 10.7 Å². The number of nitrogens with one attached hydrogen (secondary N) is 2. The van der Waals surface area contributed by atoms with Gasteiger partial charge in [-0.05, 0) is 37.3 Å². The van der Waals surface area contributed by atoms with E-state index in [0.717, 1.165) is 35.8 Å². The molecule has 1 aromatic heterocycles. The second-order valence-corrected chi connectivity index (χ2v) is 7.58. The normalized spacial score (nSPS) is 16.0. The van der Waals surface area contributed by atoms with Crippen LogP contribution in [-0.2, 0) is 9.53 Å². The molecule has 1 heterocycles. The molecule has 3 amide bonds. The highest BCUT2D eigenvalue weighted by Gasteiger charge is 2.23. The number of ether oxygens (including phenoxy) is 1. The van der Waals surface area contributed by atoms with Gasteiger partial charge in [0.15, 0.2) is 6.10 Å². The molecule has 6 nitrogen and oxygen atoms in total. The maximum Gasteiger partial charge on any atom is 0.349 e. The van der Waals surface area contributed by atoms with Gasteiger partial charge in [0.2, 0.25) is 0 Å². The van der Waals surface area contributed by atoms with Crippen LogP contribution in [-0.4, -0.2) is 30.1 Å². The summed E-state index contributed by atoms with van der Waals surface area (Å²) in [5, 5.41) is 6.00. The summed E-state index contributed by atoms with van der Waals surface area (Å²) in [5.41, 5.74) is 0. The summed E-state index contributed by atoms with van der Waals surface area (Å²) in [6.45, 7) is 1.45.